The molecule has 5 heteroatoms. The second-order valence-corrected chi connectivity index (χ2v) is 7.73. The molecule has 5 nitrogen and oxygen atoms in total. The lowest BCUT2D eigenvalue weighted by atomic mass is 9.70. The van der Waals surface area contributed by atoms with Gasteiger partial charge in [0.05, 0.1) is 6.61 Å². The largest absolute Gasteiger partial charge is 0.396 e. The lowest BCUT2D eigenvalue weighted by Gasteiger charge is -2.36. The molecule has 136 valence electrons. The van der Waals surface area contributed by atoms with Crippen LogP contribution in [-0.4, -0.2) is 39.6 Å². The van der Waals surface area contributed by atoms with Crippen LogP contribution in [0.15, 0.2) is 47.3 Å². The zero-order valence-electron chi connectivity index (χ0n) is 14.9. The van der Waals surface area contributed by atoms with E-state index < -0.39 is 0 Å². The number of hydrogen-bond donors (Lipinski definition) is 2. The summed E-state index contributed by atoms with van der Waals surface area (Å²) in [6.07, 6.45) is 3.36. The van der Waals surface area contributed by atoms with Crippen molar-refractivity contribution in [2.75, 3.05) is 6.61 Å². The number of aliphatic hydroxyl groups excluding tert-OH is 1. The van der Waals surface area contributed by atoms with E-state index in [-0.39, 0.29) is 41.1 Å². The van der Waals surface area contributed by atoms with Crippen LogP contribution in [0.1, 0.15) is 40.9 Å². The number of carbonyl (C=O) groups excluding carboxylic acids is 1. The van der Waals surface area contributed by atoms with Crippen molar-refractivity contribution in [2.45, 2.75) is 44.7 Å². The van der Waals surface area contributed by atoms with Crippen LogP contribution in [0, 0.1) is 12.3 Å². The summed E-state index contributed by atoms with van der Waals surface area (Å²) in [6, 6.07) is 13.6. The number of hydrogen-bond acceptors (Lipinski definition) is 3. The first-order valence-corrected chi connectivity index (χ1v) is 9.21. The lowest BCUT2D eigenvalue weighted by molar-refractivity contribution is 0.0570. The maximum atomic E-state index is 13.1. The van der Waals surface area contributed by atoms with Crippen LogP contribution < -0.4 is 5.56 Å². The number of aryl methyl sites for hydroxylation is 1. The van der Waals surface area contributed by atoms with Gasteiger partial charge < -0.3 is 15.0 Å². The number of benzene rings is 1. The predicted molar refractivity (Wildman–Crippen MR) is 99.1 cm³/mol. The predicted octanol–water partition coefficient (Wildman–Crippen LogP) is 2.28. The van der Waals surface area contributed by atoms with Crippen LogP contribution >= 0.6 is 0 Å². The minimum Gasteiger partial charge on any atom is -0.396 e. The zero-order valence-corrected chi connectivity index (χ0v) is 14.9. The van der Waals surface area contributed by atoms with Crippen molar-refractivity contribution in [1.29, 1.82) is 0 Å². The maximum Gasteiger partial charge on any atom is 0.260 e. The summed E-state index contributed by atoms with van der Waals surface area (Å²) in [5.41, 5.74) is 1.46. The molecule has 2 saturated heterocycles. The molecule has 2 aromatic rings. The molecule has 2 bridgehead atoms. The van der Waals surface area contributed by atoms with E-state index in [4.69, 9.17) is 0 Å². The number of aromatic amines is 1. The SMILES string of the molecule is Cc1ccc(C(=O)N2[C@@H]3CC[C@H]2[C@](CO)(Cc2ccccc2)C3)c(=O)[nH]1. The molecule has 0 spiro atoms. The van der Waals surface area contributed by atoms with E-state index in [9.17, 15) is 14.7 Å². The molecule has 2 aliphatic rings. The summed E-state index contributed by atoms with van der Waals surface area (Å²) in [5, 5.41) is 10.3. The highest BCUT2D eigenvalue weighted by Gasteiger charge is 2.57. The first-order valence-electron chi connectivity index (χ1n) is 9.21. The summed E-state index contributed by atoms with van der Waals surface area (Å²) >= 11 is 0. The number of fused-ring (bicyclic) bond motifs is 2. The summed E-state index contributed by atoms with van der Waals surface area (Å²) in [7, 11) is 0. The fourth-order valence-electron chi connectivity index (χ4n) is 4.89. The molecule has 3 atom stereocenters. The fourth-order valence-corrected chi connectivity index (χ4v) is 4.89. The van der Waals surface area contributed by atoms with Gasteiger partial charge in [-0.3, -0.25) is 9.59 Å². The van der Waals surface area contributed by atoms with Gasteiger partial charge in [0.25, 0.3) is 11.5 Å². The molecule has 0 aliphatic carbocycles. The number of carbonyl (C=O) groups is 1. The Morgan fingerprint density at radius 2 is 2.00 bits per heavy atom. The van der Waals surface area contributed by atoms with Crippen molar-refractivity contribution in [3.63, 3.8) is 0 Å². The number of nitrogens with one attached hydrogen (secondary N) is 1. The number of rotatable bonds is 4. The lowest BCUT2D eigenvalue weighted by Crippen LogP contribution is -2.44. The normalized spacial score (nSPS) is 27.1. The molecule has 4 rings (SSSR count). The van der Waals surface area contributed by atoms with Gasteiger partial charge in [-0.2, -0.15) is 0 Å². The van der Waals surface area contributed by atoms with Crippen LogP contribution in [0.4, 0.5) is 0 Å². The fraction of sp³-hybridized carbons (Fsp3) is 0.429. The minimum atomic E-state index is -0.334. The van der Waals surface area contributed by atoms with Crippen LogP contribution in [0.2, 0.25) is 0 Å². The molecule has 2 aliphatic heterocycles. The van der Waals surface area contributed by atoms with Gasteiger partial charge in [0.1, 0.15) is 5.56 Å². The maximum absolute atomic E-state index is 13.1. The van der Waals surface area contributed by atoms with Crippen molar-refractivity contribution >= 4 is 5.91 Å². The van der Waals surface area contributed by atoms with Crippen LogP contribution in [0.25, 0.3) is 0 Å². The Labute approximate surface area is 152 Å². The monoisotopic (exact) mass is 352 g/mol. The molecule has 1 aromatic heterocycles. The van der Waals surface area contributed by atoms with Gasteiger partial charge in [0.2, 0.25) is 0 Å². The van der Waals surface area contributed by atoms with E-state index in [0.29, 0.717) is 0 Å². The van der Waals surface area contributed by atoms with Crippen molar-refractivity contribution in [1.82, 2.24) is 9.88 Å². The Morgan fingerprint density at radius 3 is 2.69 bits per heavy atom. The first-order chi connectivity index (χ1) is 12.5. The molecule has 26 heavy (non-hydrogen) atoms. The van der Waals surface area contributed by atoms with Gasteiger partial charge in [0, 0.05) is 23.2 Å². The highest BCUT2D eigenvalue weighted by atomic mass is 16.3. The topological polar surface area (TPSA) is 73.4 Å². The van der Waals surface area contributed by atoms with E-state index in [1.807, 2.05) is 23.1 Å². The summed E-state index contributed by atoms with van der Waals surface area (Å²) < 4.78 is 0. The average molecular weight is 352 g/mol. The Hall–Kier alpha value is -2.40. The second-order valence-electron chi connectivity index (χ2n) is 7.73. The molecular formula is C21H24N2O3. The quantitative estimate of drug-likeness (QED) is 0.887. The van der Waals surface area contributed by atoms with Crippen molar-refractivity contribution < 1.29 is 9.90 Å². The van der Waals surface area contributed by atoms with E-state index in [2.05, 4.69) is 17.1 Å². The number of H-pyrrole nitrogens is 1. The smallest absolute Gasteiger partial charge is 0.260 e. The molecule has 0 unspecified atom stereocenters. The Morgan fingerprint density at radius 1 is 1.23 bits per heavy atom. The van der Waals surface area contributed by atoms with Gasteiger partial charge in [-0.25, -0.2) is 0 Å². The van der Waals surface area contributed by atoms with Crippen LogP contribution in [0.3, 0.4) is 0 Å². The summed E-state index contributed by atoms with van der Waals surface area (Å²) in [6.45, 7) is 1.85. The third kappa shape index (κ3) is 2.67. The first kappa shape index (κ1) is 17.0. The Kier molecular flexibility index (Phi) is 4.19. The number of aromatic nitrogens is 1. The molecule has 1 aromatic carbocycles. The molecule has 2 fully saturated rings. The zero-order chi connectivity index (χ0) is 18.3. The second kappa shape index (κ2) is 6.40. The Balaban J connectivity index is 1.65. The molecule has 0 radical (unpaired) electrons. The number of nitrogens with zero attached hydrogens (tertiary/aromatic N) is 1. The van der Waals surface area contributed by atoms with E-state index >= 15 is 0 Å². The van der Waals surface area contributed by atoms with Crippen molar-refractivity contribution in [2.24, 2.45) is 5.41 Å². The van der Waals surface area contributed by atoms with Gasteiger partial charge in [0.15, 0.2) is 0 Å². The summed E-state index contributed by atoms with van der Waals surface area (Å²) in [5.74, 6) is -0.206. The molecule has 1 amide bonds. The van der Waals surface area contributed by atoms with Crippen LogP contribution in [0.5, 0.6) is 0 Å². The van der Waals surface area contributed by atoms with Gasteiger partial charge in [-0.15, -0.1) is 0 Å². The highest BCUT2D eigenvalue weighted by molar-refractivity contribution is 5.94. The van der Waals surface area contributed by atoms with E-state index in [1.54, 1.807) is 19.1 Å². The van der Waals surface area contributed by atoms with Gasteiger partial charge in [-0.1, -0.05) is 30.3 Å². The van der Waals surface area contributed by atoms with Crippen LogP contribution in [-0.2, 0) is 6.42 Å². The van der Waals surface area contributed by atoms with Crippen molar-refractivity contribution in [3.05, 3.63) is 69.6 Å². The van der Waals surface area contributed by atoms with Crippen molar-refractivity contribution in [3.8, 4) is 0 Å². The standard InChI is InChI=1S/C21H24N2O3/c1-14-7-9-17(19(25)22-14)20(26)23-16-8-10-18(23)21(12-16,13-24)11-15-5-3-2-4-6-15/h2-7,9,16,18,24H,8,10-13H2,1H3,(H,22,25)/t16-,18+,21-/m1/s1. The van der Waals surface area contributed by atoms with Gasteiger partial charge in [-0.05, 0) is 50.3 Å². The number of aliphatic hydroxyl groups is 1. The molecule has 2 N–H and O–H groups in total. The molecule has 0 saturated carbocycles. The average Bonchev–Trinajstić information content (AvgIpc) is 3.18. The van der Waals surface area contributed by atoms with Gasteiger partial charge >= 0.3 is 0 Å². The molecular weight excluding hydrogens is 328 g/mol. The highest BCUT2D eigenvalue weighted by Crippen LogP contribution is 2.51. The molecule has 3 heterocycles. The third-order valence-corrected chi connectivity index (χ3v) is 6.09. The third-order valence-electron chi connectivity index (χ3n) is 6.09. The minimum absolute atomic E-state index is 0.0223. The number of amides is 1. The van der Waals surface area contributed by atoms with E-state index in [0.717, 1.165) is 31.4 Å². The Bertz CT molecular complexity index is 876. The van der Waals surface area contributed by atoms with E-state index in [1.165, 1.54) is 5.56 Å². The number of pyridine rings is 1. The summed E-state index contributed by atoms with van der Waals surface area (Å²) in [4.78, 5) is 30.0.